The molecule has 1 aromatic rings. The molecule has 0 aliphatic carbocycles. The van der Waals surface area contributed by atoms with Crippen LogP contribution in [-0.4, -0.2) is 33.6 Å². The number of carboxylic acids is 1. The van der Waals surface area contributed by atoms with Crippen LogP contribution >= 0.6 is 7.60 Å². The van der Waals surface area contributed by atoms with Crippen molar-refractivity contribution in [2.45, 2.75) is 18.9 Å². The second-order valence-corrected chi connectivity index (χ2v) is 6.42. The van der Waals surface area contributed by atoms with Crippen LogP contribution in [0.5, 0.6) is 0 Å². The van der Waals surface area contributed by atoms with Gasteiger partial charge in [-0.1, -0.05) is 18.2 Å². The lowest BCUT2D eigenvalue weighted by atomic mass is 9.92. The molecule has 1 aliphatic rings. The summed E-state index contributed by atoms with van der Waals surface area (Å²) in [4.78, 5) is 28.9. The molecule has 1 aromatic carbocycles. The highest BCUT2D eigenvalue weighted by atomic mass is 31.2. The van der Waals surface area contributed by atoms with E-state index < -0.39 is 19.6 Å². The van der Waals surface area contributed by atoms with E-state index in [1.165, 1.54) is 0 Å². The molecule has 0 fully saturated rings. The fraction of sp³-hybridized carbons (Fsp3) is 0.417. The van der Waals surface area contributed by atoms with E-state index in [0.717, 1.165) is 17.5 Å². The van der Waals surface area contributed by atoms with Crippen molar-refractivity contribution in [3.63, 3.8) is 0 Å². The van der Waals surface area contributed by atoms with Crippen LogP contribution in [0.4, 0.5) is 0 Å². The third kappa shape index (κ3) is 3.64. The fourth-order valence-electron chi connectivity index (χ4n) is 2.25. The van der Waals surface area contributed by atoms with Crippen molar-refractivity contribution in [3.05, 3.63) is 34.9 Å². The van der Waals surface area contributed by atoms with E-state index in [0.29, 0.717) is 12.1 Å². The summed E-state index contributed by atoms with van der Waals surface area (Å²) in [5.41, 5.74) is 2.42. The van der Waals surface area contributed by atoms with Gasteiger partial charge in [0, 0.05) is 6.54 Å². The molecule has 7 heteroatoms. The van der Waals surface area contributed by atoms with Gasteiger partial charge in [-0.15, -0.1) is 0 Å². The molecule has 6 nitrogen and oxygen atoms in total. The average molecular weight is 285 g/mol. The van der Waals surface area contributed by atoms with Crippen LogP contribution in [0.2, 0.25) is 0 Å². The monoisotopic (exact) mass is 285 g/mol. The lowest BCUT2D eigenvalue weighted by Gasteiger charge is -2.24. The second-order valence-electron chi connectivity index (χ2n) is 4.65. The fourth-order valence-corrected chi connectivity index (χ4v) is 2.80. The van der Waals surface area contributed by atoms with Gasteiger partial charge in [0.15, 0.2) is 0 Å². The molecule has 104 valence electrons. The van der Waals surface area contributed by atoms with E-state index in [2.05, 4.69) is 5.32 Å². The third-order valence-electron chi connectivity index (χ3n) is 3.20. The summed E-state index contributed by atoms with van der Waals surface area (Å²) in [7, 11) is -4.03. The zero-order valence-corrected chi connectivity index (χ0v) is 11.1. The lowest BCUT2D eigenvalue weighted by Crippen LogP contribution is -2.35. The van der Waals surface area contributed by atoms with Gasteiger partial charge in [0.1, 0.15) is 6.04 Å². The van der Waals surface area contributed by atoms with Crippen LogP contribution in [0, 0.1) is 0 Å². The highest BCUT2D eigenvalue weighted by Crippen LogP contribution is 2.35. The molecule has 1 unspecified atom stereocenters. The highest BCUT2D eigenvalue weighted by Gasteiger charge is 2.26. The Morgan fingerprint density at radius 1 is 1.42 bits per heavy atom. The van der Waals surface area contributed by atoms with E-state index in [-0.39, 0.29) is 12.6 Å². The minimum absolute atomic E-state index is 0.225. The number of hydrogen-bond acceptors (Lipinski definition) is 3. The number of fused-ring (bicyclic) bond motifs is 1. The molecule has 0 aromatic heterocycles. The predicted octanol–water partition coefficient (Wildman–Crippen LogP) is 0.678. The van der Waals surface area contributed by atoms with Gasteiger partial charge in [0.2, 0.25) is 0 Å². The van der Waals surface area contributed by atoms with Crippen molar-refractivity contribution in [2.75, 3.05) is 12.7 Å². The minimum atomic E-state index is -4.03. The van der Waals surface area contributed by atoms with Gasteiger partial charge in [0.25, 0.3) is 0 Å². The van der Waals surface area contributed by atoms with Crippen LogP contribution < -0.4 is 5.32 Å². The maximum atomic E-state index is 11.2. The highest BCUT2D eigenvalue weighted by molar-refractivity contribution is 7.51. The van der Waals surface area contributed by atoms with E-state index in [4.69, 9.17) is 14.9 Å². The third-order valence-corrected chi connectivity index (χ3v) is 4.01. The van der Waals surface area contributed by atoms with Crippen molar-refractivity contribution < 1.29 is 24.3 Å². The first kappa shape index (κ1) is 14.2. The molecular weight excluding hydrogens is 269 g/mol. The van der Waals surface area contributed by atoms with Gasteiger partial charge in [-0.05, 0) is 29.5 Å². The molecule has 4 N–H and O–H groups in total. The smallest absolute Gasteiger partial charge is 0.325 e. The Kier molecular flexibility index (Phi) is 4.06. The molecule has 1 atom stereocenters. The standard InChI is InChI=1S/C12H16NO5P/c14-12(15)11-10-7-8(4-6-19(16,17)18)1-2-9(10)3-5-13-11/h1-2,7,11,13H,3-6H2,(H,14,15)(H2,16,17,18). The number of benzene rings is 1. The number of rotatable bonds is 4. The summed E-state index contributed by atoms with van der Waals surface area (Å²) in [5, 5.41) is 12.1. The van der Waals surface area contributed by atoms with E-state index in [9.17, 15) is 9.36 Å². The topological polar surface area (TPSA) is 107 Å². The maximum Gasteiger partial charge on any atom is 0.325 e. The Hall–Kier alpha value is -1.20. The van der Waals surface area contributed by atoms with E-state index in [1.54, 1.807) is 12.1 Å². The predicted molar refractivity (Wildman–Crippen MR) is 69.1 cm³/mol. The summed E-state index contributed by atoms with van der Waals surface area (Å²) in [5.74, 6) is -0.937. The SMILES string of the molecule is O=C(O)C1NCCc2ccc(CCP(=O)(O)O)cc21. The summed E-state index contributed by atoms with van der Waals surface area (Å²) in [6, 6.07) is 4.65. The lowest BCUT2D eigenvalue weighted by molar-refractivity contribution is -0.139. The van der Waals surface area contributed by atoms with Crippen LogP contribution in [0.1, 0.15) is 22.7 Å². The largest absolute Gasteiger partial charge is 0.480 e. The number of aliphatic carboxylic acids is 1. The molecule has 0 saturated heterocycles. The first-order valence-corrected chi connectivity index (χ1v) is 7.79. The van der Waals surface area contributed by atoms with Crippen molar-refractivity contribution in [1.82, 2.24) is 5.32 Å². The average Bonchev–Trinajstić information content (AvgIpc) is 2.34. The Bertz CT molecular complexity index is 539. The zero-order valence-electron chi connectivity index (χ0n) is 10.2. The van der Waals surface area contributed by atoms with Crippen LogP contribution in [0.3, 0.4) is 0 Å². The Morgan fingerprint density at radius 2 is 2.16 bits per heavy atom. The van der Waals surface area contributed by atoms with E-state index in [1.807, 2.05) is 6.07 Å². The van der Waals surface area contributed by atoms with Crippen molar-refractivity contribution in [2.24, 2.45) is 0 Å². The molecule has 19 heavy (non-hydrogen) atoms. The minimum Gasteiger partial charge on any atom is -0.480 e. The molecule has 0 bridgehead atoms. The summed E-state index contributed by atoms with van der Waals surface area (Å²) >= 11 is 0. The number of hydrogen-bond donors (Lipinski definition) is 4. The molecule has 0 amide bonds. The van der Waals surface area contributed by atoms with Crippen molar-refractivity contribution >= 4 is 13.6 Å². The molecule has 2 rings (SSSR count). The Morgan fingerprint density at radius 3 is 2.79 bits per heavy atom. The Labute approximate surface area is 110 Å². The molecule has 1 heterocycles. The normalized spacial score (nSPS) is 18.9. The van der Waals surface area contributed by atoms with Crippen molar-refractivity contribution in [3.8, 4) is 0 Å². The molecule has 1 aliphatic heterocycles. The zero-order chi connectivity index (χ0) is 14.0. The molecule has 0 saturated carbocycles. The molecule has 0 radical (unpaired) electrons. The number of nitrogens with one attached hydrogen (secondary N) is 1. The second kappa shape index (κ2) is 5.43. The Balaban J connectivity index is 2.23. The quantitative estimate of drug-likeness (QED) is 0.606. The number of carbonyl (C=O) groups is 1. The first-order valence-electron chi connectivity index (χ1n) is 5.99. The summed E-state index contributed by atoms with van der Waals surface area (Å²) < 4.78 is 10.9. The van der Waals surface area contributed by atoms with Gasteiger partial charge in [-0.2, -0.15) is 0 Å². The van der Waals surface area contributed by atoms with Gasteiger partial charge in [0.05, 0.1) is 6.16 Å². The first-order chi connectivity index (χ1) is 8.87. The van der Waals surface area contributed by atoms with Crippen LogP contribution in [0.15, 0.2) is 18.2 Å². The molecular formula is C12H16NO5P. The van der Waals surface area contributed by atoms with Crippen LogP contribution in [0.25, 0.3) is 0 Å². The maximum absolute atomic E-state index is 11.2. The number of carboxylic acid groups (broad SMARTS) is 1. The van der Waals surface area contributed by atoms with Gasteiger partial charge in [-0.25, -0.2) is 0 Å². The van der Waals surface area contributed by atoms with Crippen molar-refractivity contribution in [1.29, 1.82) is 0 Å². The van der Waals surface area contributed by atoms with Crippen LogP contribution in [-0.2, 0) is 22.2 Å². The van der Waals surface area contributed by atoms with Gasteiger partial charge in [-0.3, -0.25) is 9.36 Å². The summed E-state index contributed by atoms with van der Waals surface area (Å²) in [6.45, 7) is 0.617. The van der Waals surface area contributed by atoms with E-state index >= 15 is 0 Å². The molecule has 0 spiro atoms. The summed E-state index contributed by atoms with van der Waals surface area (Å²) in [6.07, 6.45) is 0.777. The number of aryl methyl sites for hydroxylation is 1. The van der Waals surface area contributed by atoms with Gasteiger partial charge < -0.3 is 20.2 Å². The van der Waals surface area contributed by atoms with Gasteiger partial charge >= 0.3 is 13.6 Å².